The average Bonchev–Trinajstić information content (AvgIpc) is 2.36. The third-order valence-corrected chi connectivity index (χ3v) is 5.20. The second kappa shape index (κ2) is 7.44. The van der Waals surface area contributed by atoms with Crippen molar-refractivity contribution in [1.82, 2.24) is 0 Å². The van der Waals surface area contributed by atoms with Crippen molar-refractivity contribution >= 4 is 5.91 Å². The number of amides is 1. The van der Waals surface area contributed by atoms with Gasteiger partial charge in [-0.3, -0.25) is 4.79 Å². The predicted molar refractivity (Wildman–Crippen MR) is 83.1 cm³/mol. The molecule has 0 aliphatic heterocycles. The van der Waals surface area contributed by atoms with Crippen molar-refractivity contribution in [3.63, 3.8) is 0 Å². The number of primary amides is 1. The van der Waals surface area contributed by atoms with Crippen LogP contribution in [-0.2, 0) is 4.79 Å². The predicted octanol–water partition coefficient (Wildman–Crippen LogP) is 3.49. The minimum Gasteiger partial charge on any atom is -0.390 e. The summed E-state index contributed by atoms with van der Waals surface area (Å²) in [6.07, 6.45) is 6.09. The van der Waals surface area contributed by atoms with Crippen LogP contribution in [0.5, 0.6) is 0 Å². The molecule has 4 unspecified atom stereocenters. The molecule has 3 N–H and O–H groups in total. The maximum atomic E-state index is 11.2. The van der Waals surface area contributed by atoms with Crippen molar-refractivity contribution in [3.8, 4) is 0 Å². The lowest BCUT2D eigenvalue weighted by molar-refractivity contribution is -0.123. The van der Waals surface area contributed by atoms with Crippen LogP contribution in [-0.4, -0.2) is 16.6 Å². The molecular weight excluding hydrogens is 250 g/mol. The highest BCUT2D eigenvalue weighted by molar-refractivity contribution is 5.73. The highest BCUT2D eigenvalue weighted by Gasteiger charge is 2.43. The molecule has 1 rings (SSSR count). The van der Waals surface area contributed by atoms with Crippen molar-refractivity contribution in [3.05, 3.63) is 0 Å². The first-order chi connectivity index (χ1) is 9.30. The molecular formula is C17H33NO2. The Balaban J connectivity index is 2.91. The molecule has 0 aromatic rings. The summed E-state index contributed by atoms with van der Waals surface area (Å²) in [7, 11) is 0. The van der Waals surface area contributed by atoms with Gasteiger partial charge in [0.2, 0.25) is 5.91 Å². The highest BCUT2D eigenvalue weighted by Crippen LogP contribution is 2.46. The Morgan fingerprint density at radius 2 is 2.00 bits per heavy atom. The van der Waals surface area contributed by atoms with Gasteiger partial charge in [0.15, 0.2) is 0 Å². The lowest BCUT2D eigenvalue weighted by atomic mass is 9.61. The fourth-order valence-corrected chi connectivity index (χ4v) is 4.09. The van der Waals surface area contributed by atoms with E-state index in [0.29, 0.717) is 36.5 Å². The summed E-state index contributed by atoms with van der Waals surface area (Å²) in [6.45, 7) is 8.90. The van der Waals surface area contributed by atoms with E-state index in [9.17, 15) is 9.90 Å². The molecule has 0 heterocycles. The second-order valence-electron chi connectivity index (χ2n) is 7.25. The van der Waals surface area contributed by atoms with E-state index in [1.165, 1.54) is 12.8 Å². The van der Waals surface area contributed by atoms with E-state index < -0.39 is 5.60 Å². The Morgan fingerprint density at radius 3 is 2.50 bits per heavy atom. The van der Waals surface area contributed by atoms with Crippen LogP contribution in [0.2, 0.25) is 0 Å². The number of hydrogen-bond acceptors (Lipinski definition) is 2. The number of hydrogen-bond donors (Lipinski definition) is 2. The van der Waals surface area contributed by atoms with E-state index in [1.54, 1.807) is 0 Å². The number of rotatable bonds is 7. The molecule has 1 amide bonds. The fraction of sp³-hybridized carbons (Fsp3) is 0.941. The minimum atomic E-state index is -0.715. The van der Waals surface area contributed by atoms with Crippen LogP contribution in [0.25, 0.3) is 0 Å². The van der Waals surface area contributed by atoms with Crippen molar-refractivity contribution in [2.75, 3.05) is 0 Å². The highest BCUT2D eigenvalue weighted by atomic mass is 16.3. The first-order valence-electron chi connectivity index (χ1n) is 8.30. The third kappa shape index (κ3) is 4.47. The third-order valence-electron chi connectivity index (χ3n) is 5.20. The van der Waals surface area contributed by atoms with Crippen molar-refractivity contribution in [2.24, 2.45) is 29.4 Å². The topological polar surface area (TPSA) is 63.3 Å². The van der Waals surface area contributed by atoms with Crippen LogP contribution in [0.1, 0.15) is 72.6 Å². The van der Waals surface area contributed by atoms with Gasteiger partial charge in [0.1, 0.15) is 0 Å². The molecule has 20 heavy (non-hydrogen) atoms. The standard InChI is InChI=1S/C17H33NO2/c1-5-9-17(20,10-8-16(18)19)15-11-13(4)6-7-14(15)12(2)3/h12-15,20H,5-11H2,1-4H3,(H2,18,19). The lowest BCUT2D eigenvalue weighted by Gasteiger charge is -2.47. The minimum absolute atomic E-state index is 0.298. The van der Waals surface area contributed by atoms with E-state index in [-0.39, 0.29) is 5.91 Å². The largest absolute Gasteiger partial charge is 0.390 e. The molecule has 0 spiro atoms. The van der Waals surface area contributed by atoms with Crippen LogP contribution < -0.4 is 5.73 Å². The molecule has 0 aromatic carbocycles. The van der Waals surface area contributed by atoms with Gasteiger partial charge in [-0.05, 0) is 49.4 Å². The normalized spacial score (nSPS) is 30.2. The molecule has 1 aliphatic carbocycles. The number of nitrogens with two attached hydrogens (primary N) is 1. The van der Waals surface area contributed by atoms with Gasteiger partial charge in [0, 0.05) is 6.42 Å². The summed E-state index contributed by atoms with van der Waals surface area (Å²) in [5.41, 5.74) is 4.58. The van der Waals surface area contributed by atoms with E-state index >= 15 is 0 Å². The zero-order chi connectivity index (χ0) is 15.3. The Morgan fingerprint density at radius 1 is 1.35 bits per heavy atom. The van der Waals surface area contributed by atoms with Gasteiger partial charge in [-0.2, -0.15) is 0 Å². The first kappa shape index (κ1) is 17.5. The Bertz CT molecular complexity index is 316. The zero-order valence-electron chi connectivity index (χ0n) is 13.7. The molecule has 0 bridgehead atoms. The van der Waals surface area contributed by atoms with Gasteiger partial charge in [-0.25, -0.2) is 0 Å². The molecule has 3 heteroatoms. The summed E-state index contributed by atoms with van der Waals surface area (Å²) in [6, 6.07) is 0. The SMILES string of the molecule is CCCC(O)(CCC(N)=O)C1CC(C)CCC1C(C)C. The smallest absolute Gasteiger partial charge is 0.217 e. The van der Waals surface area contributed by atoms with E-state index in [1.807, 2.05) is 0 Å². The van der Waals surface area contributed by atoms with Crippen LogP contribution in [0.15, 0.2) is 0 Å². The zero-order valence-corrected chi connectivity index (χ0v) is 13.7. The quantitative estimate of drug-likeness (QED) is 0.751. The number of aliphatic hydroxyl groups is 1. The van der Waals surface area contributed by atoms with Gasteiger partial charge in [-0.1, -0.05) is 40.5 Å². The molecule has 0 aromatic heterocycles. The van der Waals surface area contributed by atoms with E-state index in [0.717, 1.165) is 19.3 Å². The van der Waals surface area contributed by atoms with Crippen LogP contribution in [0.4, 0.5) is 0 Å². The summed E-state index contributed by atoms with van der Waals surface area (Å²) < 4.78 is 0. The second-order valence-corrected chi connectivity index (χ2v) is 7.25. The van der Waals surface area contributed by atoms with Crippen LogP contribution in [0, 0.1) is 23.7 Å². The maximum Gasteiger partial charge on any atom is 0.217 e. The molecule has 3 nitrogen and oxygen atoms in total. The maximum absolute atomic E-state index is 11.2. The summed E-state index contributed by atoms with van der Waals surface area (Å²) >= 11 is 0. The van der Waals surface area contributed by atoms with Gasteiger partial charge in [0.05, 0.1) is 5.60 Å². The van der Waals surface area contributed by atoms with Gasteiger partial charge in [-0.15, -0.1) is 0 Å². The Labute approximate surface area is 124 Å². The number of carbonyl (C=O) groups excluding carboxylic acids is 1. The Kier molecular flexibility index (Phi) is 6.50. The average molecular weight is 283 g/mol. The molecule has 1 fully saturated rings. The summed E-state index contributed by atoms with van der Waals surface area (Å²) in [5, 5.41) is 11.2. The van der Waals surface area contributed by atoms with Crippen LogP contribution >= 0.6 is 0 Å². The fourth-order valence-electron chi connectivity index (χ4n) is 4.09. The monoisotopic (exact) mass is 283 g/mol. The molecule has 0 saturated heterocycles. The molecule has 4 atom stereocenters. The van der Waals surface area contributed by atoms with E-state index in [2.05, 4.69) is 27.7 Å². The molecule has 1 aliphatic rings. The summed E-state index contributed by atoms with van der Waals surface area (Å²) in [5.74, 6) is 1.84. The molecule has 1 saturated carbocycles. The summed E-state index contributed by atoms with van der Waals surface area (Å²) in [4.78, 5) is 11.1. The lowest BCUT2D eigenvalue weighted by Crippen LogP contribution is -2.46. The first-order valence-corrected chi connectivity index (χ1v) is 8.30. The van der Waals surface area contributed by atoms with Crippen molar-refractivity contribution < 1.29 is 9.90 Å². The van der Waals surface area contributed by atoms with Gasteiger partial charge >= 0.3 is 0 Å². The van der Waals surface area contributed by atoms with Crippen molar-refractivity contribution in [2.45, 2.75) is 78.2 Å². The Hall–Kier alpha value is -0.570. The van der Waals surface area contributed by atoms with E-state index in [4.69, 9.17) is 5.73 Å². The van der Waals surface area contributed by atoms with Gasteiger partial charge in [0.25, 0.3) is 0 Å². The van der Waals surface area contributed by atoms with Crippen LogP contribution in [0.3, 0.4) is 0 Å². The molecule has 118 valence electrons. The van der Waals surface area contributed by atoms with Crippen molar-refractivity contribution in [1.29, 1.82) is 0 Å². The molecule has 0 radical (unpaired) electrons. The number of carbonyl (C=O) groups is 1. The van der Waals surface area contributed by atoms with Gasteiger partial charge < -0.3 is 10.8 Å².